The van der Waals surface area contributed by atoms with Gasteiger partial charge in [0.2, 0.25) is 0 Å². The van der Waals surface area contributed by atoms with Gasteiger partial charge in [-0.2, -0.15) is 0 Å². The van der Waals surface area contributed by atoms with Crippen molar-refractivity contribution in [2.24, 2.45) is 23.7 Å². The average Bonchev–Trinajstić information content (AvgIpc) is 3.47. The second kappa shape index (κ2) is 16.8. The van der Waals surface area contributed by atoms with Crippen molar-refractivity contribution in [3.8, 4) is 28.2 Å². The van der Waals surface area contributed by atoms with Gasteiger partial charge >= 0.3 is 0 Å². The lowest BCUT2D eigenvalue weighted by Gasteiger charge is -2.22. The third-order valence-electron chi connectivity index (χ3n) is 7.99. The number of aromatic nitrogens is 2. The first-order valence-corrected chi connectivity index (χ1v) is 16.4. The van der Waals surface area contributed by atoms with E-state index in [0.29, 0.717) is 11.8 Å². The van der Waals surface area contributed by atoms with E-state index in [4.69, 9.17) is 4.98 Å². The molecule has 0 saturated carbocycles. The quantitative estimate of drug-likeness (QED) is 0.160. The van der Waals surface area contributed by atoms with Crippen LogP contribution < -0.4 is 0 Å². The summed E-state index contributed by atoms with van der Waals surface area (Å²) < 4.78 is 2.31. The van der Waals surface area contributed by atoms with E-state index in [1.165, 1.54) is 27.9 Å². The van der Waals surface area contributed by atoms with E-state index in [1.807, 2.05) is 25.3 Å². The highest BCUT2D eigenvalue weighted by atomic mass is 15.1. The Bertz CT molecular complexity index is 1490. The molecule has 2 heteroatoms. The van der Waals surface area contributed by atoms with E-state index in [0.717, 1.165) is 47.2 Å². The maximum Gasteiger partial charge on any atom is 0.144 e. The summed E-state index contributed by atoms with van der Waals surface area (Å²) in [4.78, 5) is 4.88. The summed E-state index contributed by atoms with van der Waals surface area (Å²) in [6, 6.07) is 24.1. The van der Waals surface area contributed by atoms with Gasteiger partial charge in [0, 0.05) is 18.0 Å². The second-order valence-electron chi connectivity index (χ2n) is 13.2. The zero-order chi connectivity index (χ0) is 32.2. The Morgan fingerprint density at radius 1 is 0.750 bits per heavy atom. The summed E-state index contributed by atoms with van der Waals surface area (Å²) in [5.74, 6) is 3.74. The minimum atomic E-state index is 0.536. The van der Waals surface area contributed by atoms with Crippen molar-refractivity contribution in [1.29, 1.82) is 0 Å². The highest BCUT2D eigenvalue weighted by Gasteiger charge is 2.19. The van der Waals surface area contributed by atoms with Crippen LogP contribution in [0.3, 0.4) is 0 Å². The molecule has 3 aromatic carbocycles. The fourth-order valence-electron chi connectivity index (χ4n) is 5.07. The van der Waals surface area contributed by atoms with Crippen LogP contribution in [0, 0.1) is 23.7 Å². The number of benzene rings is 3. The van der Waals surface area contributed by atoms with E-state index in [-0.39, 0.29) is 0 Å². The summed E-state index contributed by atoms with van der Waals surface area (Å²) in [6.07, 6.45) is 14.2. The Balaban J connectivity index is 0.000000801. The summed E-state index contributed by atoms with van der Waals surface area (Å²) in [5, 5.41) is 0. The molecule has 1 heterocycles. The van der Waals surface area contributed by atoms with Gasteiger partial charge in [0.1, 0.15) is 5.82 Å². The molecule has 0 saturated heterocycles. The van der Waals surface area contributed by atoms with Crippen LogP contribution in [0.1, 0.15) is 79.0 Å². The van der Waals surface area contributed by atoms with Gasteiger partial charge in [-0.1, -0.05) is 135 Å². The Morgan fingerprint density at radius 2 is 1.34 bits per heavy atom. The van der Waals surface area contributed by atoms with Gasteiger partial charge in [-0.3, -0.25) is 4.57 Å². The molecule has 0 aliphatic rings. The highest BCUT2D eigenvalue weighted by molar-refractivity contribution is 5.78. The molecular formula is C42H54N2. The normalized spacial score (nSPS) is 12.0. The van der Waals surface area contributed by atoms with Crippen molar-refractivity contribution in [3.63, 3.8) is 0 Å². The van der Waals surface area contributed by atoms with Crippen LogP contribution in [-0.2, 0) is 12.8 Å². The van der Waals surface area contributed by atoms with Crippen molar-refractivity contribution in [1.82, 2.24) is 9.55 Å². The molecular weight excluding hydrogens is 532 g/mol. The van der Waals surface area contributed by atoms with E-state index in [9.17, 15) is 0 Å². The van der Waals surface area contributed by atoms with Crippen molar-refractivity contribution in [2.45, 2.75) is 75.2 Å². The largest absolute Gasteiger partial charge is 0.299 e. The van der Waals surface area contributed by atoms with Crippen molar-refractivity contribution >= 4 is 5.57 Å². The van der Waals surface area contributed by atoms with Crippen molar-refractivity contribution in [2.75, 3.05) is 0 Å². The Hall–Kier alpha value is -3.91. The maximum atomic E-state index is 4.88. The Morgan fingerprint density at radius 3 is 1.86 bits per heavy atom. The molecule has 4 aromatic rings. The number of hydrogen-bond donors (Lipinski definition) is 0. The van der Waals surface area contributed by atoms with Gasteiger partial charge in [0.05, 0.1) is 5.69 Å². The summed E-state index contributed by atoms with van der Waals surface area (Å²) in [7, 11) is 0. The van der Waals surface area contributed by atoms with Crippen LogP contribution in [0.4, 0.5) is 0 Å². The smallest absolute Gasteiger partial charge is 0.144 e. The van der Waals surface area contributed by atoms with Crippen molar-refractivity contribution in [3.05, 3.63) is 127 Å². The monoisotopic (exact) mass is 586 g/mol. The molecule has 0 aliphatic carbocycles. The zero-order valence-electron chi connectivity index (χ0n) is 28.6. The fraction of sp³-hybridized carbons (Fsp3) is 0.357. The number of nitrogens with zero attached hydrogens (tertiary/aromatic N) is 2. The minimum absolute atomic E-state index is 0.536. The zero-order valence-corrected chi connectivity index (χ0v) is 28.6. The third kappa shape index (κ3) is 9.55. The lowest BCUT2D eigenvalue weighted by Crippen LogP contribution is -2.10. The van der Waals surface area contributed by atoms with E-state index in [2.05, 4.69) is 152 Å². The Kier molecular flexibility index (Phi) is 13.2. The molecule has 0 atom stereocenters. The van der Waals surface area contributed by atoms with Gasteiger partial charge < -0.3 is 0 Å². The molecule has 0 fully saturated rings. The van der Waals surface area contributed by atoms with E-state index in [1.54, 1.807) is 0 Å². The highest BCUT2D eigenvalue weighted by Crippen LogP contribution is 2.34. The number of rotatable bonds is 11. The van der Waals surface area contributed by atoms with Crippen LogP contribution in [0.5, 0.6) is 0 Å². The predicted octanol–water partition coefficient (Wildman–Crippen LogP) is 12.0. The molecule has 0 radical (unpaired) electrons. The number of imidazole rings is 1. The minimum Gasteiger partial charge on any atom is -0.299 e. The molecule has 0 unspecified atom stereocenters. The molecule has 0 spiro atoms. The van der Waals surface area contributed by atoms with Gasteiger partial charge in [-0.25, -0.2) is 4.98 Å². The maximum absolute atomic E-state index is 4.88. The molecule has 1 aromatic heterocycles. The molecule has 0 aliphatic heterocycles. The lowest BCUT2D eigenvalue weighted by molar-refractivity contribution is 0.457. The van der Waals surface area contributed by atoms with Crippen LogP contribution >= 0.6 is 0 Å². The SMILES string of the molecule is C=C/C(=C\C=C/C)c1cccc(-c2nccn2-c2c(CC(C)C)cc(-c3ccccc3)cc2CC(C)C)c1.CC(C)C(C)C. The van der Waals surface area contributed by atoms with Crippen LogP contribution in [-0.4, -0.2) is 9.55 Å². The first-order valence-electron chi connectivity index (χ1n) is 16.4. The summed E-state index contributed by atoms with van der Waals surface area (Å²) in [6.45, 7) is 24.2. The van der Waals surface area contributed by atoms with E-state index >= 15 is 0 Å². The molecule has 0 amide bonds. The van der Waals surface area contributed by atoms with Gasteiger partial charge in [0.15, 0.2) is 0 Å². The number of allylic oxidation sites excluding steroid dienone is 5. The summed E-state index contributed by atoms with van der Waals surface area (Å²) in [5.41, 5.74) is 9.88. The topological polar surface area (TPSA) is 17.8 Å². The average molecular weight is 587 g/mol. The van der Waals surface area contributed by atoms with Crippen molar-refractivity contribution < 1.29 is 0 Å². The fourth-order valence-corrected chi connectivity index (χ4v) is 5.07. The van der Waals surface area contributed by atoms with Gasteiger partial charge in [-0.05, 0) is 95.0 Å². The molecule has 44 heavy (non-hydrogen) atoms. The third-order valence-corrected chi connectivity index (χ3v) is 7.99. The second-order valence-corrected chi connectivity index (χ2v) is 13.2. The van der Waals surface area contributed by atoms with Gasteiger partial charge in [0.25, 0.3) is 0 Å². The molecule has 0 N–H and O–H groups in total. The van der Waals surface area contributed by atoms with Crippen LogP contribution in [0.25, 0.3) is 33.8 Å². The van der Waals surface area contributed by atoms with E-state index < -0.39 is 0 Å². The van der Waals surface area contributed by atoms with Crippen LogP contribution in [0.15, 0.2) is 110 Å². The first kappa shape index (κ1) is 34.6. The Labute approximate surface area is 268 Å². The summed E-state index contributed by atoms with van der Waals surface area (Å²) >= 11 is 0. The standard InChI is InChI=1S/C36H40N2.C6H14/c1-7-9-14-28(8-2)30-17-13-18-31(23-30)36-37-19-20-38(36)35-33(21-26(3)4)24-32(25-34(35)22-27(5)6)29-15-11-10-12-16-29;1-5(2)6(3)4/h7-20,23-27H,2,21-22H2,1,3-6H3;5-6H,1-4H3/b9-7-,28-14+;. The lowest BCUT2D eigenvalue weighted by atomic mass is 9.90. The molecule has 2 nitrogen and oxygen atoms in total. The first-order chi connectivity index (χ1) is 21.0. The van der Waals surface area contributed by atoms with Gasteiger partial charge in [-0.15, -0.1) is 0 Å². The molecule has 232 valence electrons. The molecule has 0 bridgehead atoms. The number of hydrogen-bond acceptors (Lipinski definition) is 1. The molecule has 4 rings (SSSR count). The van der Waals surface area contributed by atoms with Crippen LogP contribution in [0.2, 0.25) is 0 Å². The predicted molar refractivity (Wildman–Crippen MR) is 194 cm³/mol.